The van der Waals surface area contributed by atoms with E-state index in [0.717, 1.165) is 23.3 Å². The zero-order valence-corrected chi connectivity index (χ0v) is 16.8. The van der Waals surface area contributed by atoms with E-state index in [4.69, 9.17) is 16.0 Å². The number of thioether (sulfide) groups is 1. The van der Waals surface area contributed by atoms with E-state index in [1.807, 2.05) is 38.1 Å². The number of benzene rings is 2. The van der Waals surface area contributed by atoms with Gasteiger partial charge in [0.15, 0.2) is 0 Å². The third kappa shape index (κ3) is 3.98. The number of hydrogen-bond donors (Lipinski definition) is 0. The van der Waals surface area contributed by atoms with Gasteiger partial charge in [0.1, 0.15) is 0 Å². The molecule has 0 spiro atoms. The second-order valence-corrected chi connectivity index (χ2v) is 9.15. The van der Waals surface area contributed by atoms with Gasteiger partial charge in [-0.25, -0.2) is 8.42 Å². The van der Waals surface area contributed by atoms with Crippen molar-refractivity contribution < 1.29 is 12.8 Å². The summed E-state index contributed by atoms with van der Waals surface area (Å²) in [7, 11) is -3.80. The zero-order valence-electron chi connectivity index (χ0n) is 14.4. The van der Waals surface area contributed by atoms with E-state index >= 15 is 0 Å². The van der Waals surface area contributed by atoms with Crippen molar-refractivity contribution in [1.29, 1.82) is 0 Å². The minimum atomic E-state index is -3.80. The standard InChI is InChI=1S/C19H18ClNO3S2/c1-3-12-25-19-18(26(22,23)16-10-8-15(20)9-11-16)21-17(24-19)14-6-4-13(2)5-7-14/h4-11H,3,12H2,1-2H3. The maximum atomic E-state index is 13.0. The summed E-state index contributed by atoms with van der Waals surface area (Å²) in [6, 6.07) is 13.7. The molecule has 4 nitrogen and oxygen atoms in total. The van der Waals surface area contributed by atoms with Gasteiger partial charge in [-0.15, -0.1) is 0 Å². The predicted molar refractivity (Wildman–Crippen MR) is 105 cm³/mol. The lowest BCUT2D eigenvalue weighted by molar-refractivity contribution is 0.470. The fraction of sp³-hybridized carbons (Fsp3) is 0.211. The van der Waals surface area contributed by atoms with Crippen molar-refractivity contribution >= 4 is 33.2 Å². The first-order chi connectivity index (χ1) is 12.4. The number of aromatic nitrogens is 1. The van der Waals surface area contributed by atoms with Crippen LogP contribution >= 0.6 is 23.4 Å². The van der Waals surface area contributed by atoms with Crippen LogP contribution < -0.4 is 0 Å². The highest BCUT2D eigenvalue weighted by molar-refractivity contribution is 8.00. The van der Waals surface area contributed by atoms with E-state index < -0.39 is 9.84 Å². The molecule has 1 aromatic heterocycles. The van der Waals surface area contributed by atoms with Gasteiger partial charge in [0.05, 0.1) is 4.90 Å². The molecule has 0 saturated carbocycles. The number of nitrogens with zero attached hydrogens (tertiary/aromatic N) is 1. The quantitative estimate of drug-likeness (QED) is 0.495. The summed E-state index contributed by atoms with van der Waals surface area (Å²) >= 11 is 7.23. The van der Waals surface area contributed by atoms with Crippen LogP contribution in [0.25, 0.3) is 11.5 Å². The van der Waals surface area contributed by atoms with Gasteiger partial charge in [-0.05, 0) is 49.7 Å². The monoisotopic (exact) mass is 407 g/mol. The van der Waals surface area contributed by atoms with Crippen LogP contribution in [0.2, 0.25) is 5.02 Å². The summed E-state index contributed by atoms with van der Waals surface area (Å²) in [6.07, 6.45) is 0.895. The molecule has 0 radical (unpaired) electrons. The second kappa shape index (κ2) is 7.86. The van der Waals surface area contributed by atoms with E-state index in [0.29, 0.717) is 16.0 Å². The summed E-state index contributed by atoms with van der Waals surface area (Å²) in [5.74, 6) is 1.04. The van der Waals surface area contributed by atoms with Gasteiger partial charge in [0, 0.05) is 16.3 Å². The van der Waals surface area contributed by atoms with Gasteiger partial charge in [-0.1, -0.05) is 48.0 Å². The summed E-state index contributed by atoms with van der Waals surface area (Å²) in [5, 5.41) is 0.747. The highest BCUT2D eigenvalue weighted by atomic mass is 35.5. The van der Waals surface area contributed by atoms with Gasteiger partial charge in [-0.3, -0.25) is 0 Å². The highest BCUT2D eigenvalue weighted by Gasteiger charge is 2.28. The average molecular weight is 408 g/mol. The Bertz CT molecular complexity index is 994. The van der Waals surface area contributed by atoms with Crippen LogP contribution in [0.1, 0.15) is 18.9 Å². The minimum Gasteiger partial charge on any atom is -0.428 e. The van der Waals surface area contributed by atoms with Crippen molar-refractivity contribution in [2.24, 2.45) is 0 Å². The van der Waals surface area contributed by atoms with Crippen LogP contribution in [0.5, 0.6) is 0 Å². The van der Waals surface area contributed by atoms with Crippen LogP contribution in [0.4, 0.5) is 0 Å². The normalized spacial score (nSPS) is 11.7. The van der Waals surface area contributed by atoms with E-state index in [-0.39, 0.29) is 9.92 Å². The van der Waals surface area contributed by atoms with E-state index in [1.165, 1.54) is 23.9 Å². The number of aryl methyl sites for hydroxylation is 1. The Labute approximate surface area is 162 Å². The highest BCUT2D eigenvalue weighted by Crippen LogP contribution is 2.35. The Balaban J connectivity index is 2.09. The van der Waals surface area contributed by atoms with Gasteiger partial charge < -0.3 is 4.42 Å². The number of hydrogen-bond acceptors (Lipinski definition) is 5. The van der Waals surface area contributed by atoms with Gasteiger partial charge in [0.25, 0.3) is 0 Å². The molecular formula is C19H18ClNO3S2. The lowest BCUT2D eigenvalue weighted by atomic mass is 10.1. The van der Waals surface area contributed by atoms with Crippen molar-refractivity contribution in [2.45, 2.75) is 35.3 Å². The molecule has 0 saturated heterocycles. The molecule has 0 N–H and O–H groups in total. The Hall–Kier alpha value is -1.76. The zero-order chi connectivity index (χ0) is 18.7. The maximum Gasteiger partial charge on any atom is 0.228 e. The van der Waals surface area contributed by atoms with Crippen molar-refractivity contribution in [3.63, 3.8) is 0 Å². The number of halogens is 1. The Kier molecular flexibility index (Phi) is 5.75. The summed E-state index contributed by atoms with van der Waals surface area (Å²) in [5.41, 5.74) is 1.85. The molecule has 26 heavy (non-hydrogen) atoms. The van der Waals surface area contributed by atoms with Crippen molar-refractivity contribution in [2.75, 3.05) is 5.75 Å². The summed E-state index contributed by atoms with van der Waals surface area (Å²) in [6.45, 7) is 4.01. The molecule has 0 bridgehead atoms. The first-order valence-corrected chi connectivity index (χ1v) is 11.0. The van der Waals surface area contributed by atoms with E-state index in [1.54, 1.807) is 12.1 Å². The van der Waals surface area contributed by atoms with Crippen LogP contribution in [-0.4, -0.2) is 19.2 Å². The van der Waals surface area contributed by atoms with Gasteiger partial charge in [-0.2, -0.15) is 4.98 Å². The molecule has 7 heteroatoms. The molecular weight excluding hydrogens is 390 g/mol. The number of sulfone groups is 1. The smallest absolute Gasteiger partial charge is 0.228 e. The number of rotatable bonds is 6. The lowest BCUT2D eigenvalue weighted by Crippen LogP contribution is -2.04. The SMILES string of the molecule is CCCSc1oc(-c2ccc(C)cc2)nc1S(=O)(=O)c1ccc(Cl)cc1. The van der Waals surface area contributed by atoms with Crippen molar-refractivity contribution in [1.82, 2.24) is 4.98 Å². The maximum absolute atomic E-state index is 13.0. The molecule has 0 fully saturated rings. The van der Waals surface area contributed by atoms with Gasteiger partial charge in [0.2, 0.25) is 25.8 Å². The van der Waals surface area contributed by atoms with Gasteiger partial charge >= 0.3 is 0 Å². The van der Waals surface area contributed by atoms with Crippen LogP contribution in [0, 0.1) is 6.92 Å². The van der Waals surface area contributed by atoms with Crippen molar-refractivity contribution in [3.05, 3.63) is 59.1 Å². The Morgan fingerprint density at radius 2 is 1.73 bits per heavy atom. The molecule has 3 rings (SSSR count). The largest absolute Gasteiger partial charge is 0.428 e. The Morgan fingerprint density at radius 3 is 2.35 bits per heavy atom. The fourth-order valence-corrected chi connectivity index (χ4v) is 4.80. The molecule has 0 aliphatic rings. The first kappa shape index (κ1) is 19.0. The number of oxazole rings is 1. The molecule has 3 aromatic rings. The van der Waals surface area contributed by atoms with Crippen LogP contribution in [-0.2, 0) is 9.84 Å². The molecule has 0 aliphatic carbocycles. The molecule has 1 heterocycles. The van der Waals surface area contributed by atoms with E-state index in [9.17, 15) is 8.42 Å². The molecule has 0 amide bonds. The third-order valence-electron chi connectivity index (χ3n) is 3.68. The second-order valence-electron chi connectivity index (χ2n) is 5.78. The average Bonchev–Trinajstić information content (AvgIpc) is 3.06. The molecule has 0 unspecified atom stereocenters. The fourth-order valence-electron chi connectivity index (χ4n) is 2.29. The van der Waals surface area contributed by atoms with Crippen LogP contribution in [0.15, 0.2) is 68.0 Å². The summed E-state index contributed by atoms with van der Waals surface area (Å²) < 4.78 is 31.9. The predicted octanol–water partition coefficient (Wildman–Crippen LogP) is 5.64. The minimum absolute atomic E-state index is 0.0474. The molecule has 136 valence electrons. The summed E-state index contributed by atoms with van der Waals surface area (Å²) in [4.78, 5) is 4.47. The molecule has 0 atom stereocenters. The first-order valence-electron chi connectivity index (χ1n) is 8.13. The lowest BCUT2D eigenvalue weighted by Gasteiger charge is -2.03. The topological polar surface area (TPSA) is 60.2 Å². The Morgan fingerprint density at radius 1 is 1.08 bits per heavy atom. The van der Waals surface area contributed by atoms with Crippen molar-refractivity contribution in [3.8, 4) is 11.5 Å². The van der Waals surface area contributed by atoms with E-state index in [2.05, 4.69) is 4.98 Å². The van der Waals surface area contributed by atoms with Crippen LogP contribution in [0.3, 0.4) is 0 Å². The molecule has 2 aromatic carbocycles. The molecule has 0 aliphatic heterocycles. The third-order valence-corrected chi connectivity index (χ3v) is 6.89.